The van der Waals surface area contributed by atoms with E-state index in [1.54, 1.807) is 31.2 Å². The lowest BCUT2D eigenvalue weighted by Crippen LogP contribution is -2.47. The number of carbonyl (C=O) groups excluding carboxylic acids is 2. The van der Waals surface area contributed by atoms with Crippen LogP contribution in [0.4, 0.5) is 0 Å². The van der Waals surface area contributed by atoms with Crippen molar-refractivity contribution >= 4 is 23.5 Å². The fourth-order valence-corrected chi connectivity index (χ4v) is 3.20. The Labute approximate surface area is 142 Å². The highest BCUT2D eigenvalue weighted by Crippen LogP contribution is 2.29. The largest absolute Gasteiger partial charge is 0.449 e. The number of carbonyl (C=O) groups is 2. The first kappa shape index (κ1) is 17.8. The third-order valence-corrected chi connectivity index (χ3v) is 5.11. The fraction of sp³-hybridized carbons (Fsp3) is 0.556. The summed E-state index contributed by atoms with van der Waals surface area (Å²) >= 11 is 5.97. The van der Waals surface area contributed by atoms with Gasteiger partial charge in [-0.3, -0.25) is 4.79 Å². The molecule has 0 bridgehead atoms. The van der Waals surface area contributed by atoms with Gasteiger partial charge in [-0.2, -0.15) is 0 Å². The molecule has 1 aromatic rings. The van der Waals surface area contributed by atoms with E-state index in [2.05, 4.69) is 19.2 Å². The van der Waals surface area contributed by atoms with Gasteiger partial charge < -0.3 is 10.1 Å². The van der Waals surface area contributed by atoms with Gasteiger partial charge in [0.05, 0.1) is 10.6 Å². The smallest absolute Gasteiger partial charge is 0.340 e. The molecular formula is C18H24ClNO3. The van der Waals surface area contributed by atoms with E-state index in [1.165, 1.54) is 6.42 Å². The van der Waals surface area contributed by atoms with E-state index in [9.17, 15) is 9.59 Å². The Morgan fingerprint density at radius 1 is 1.26 bits per heavy atom. The van der Waals surface area contributed by atoms with Crippen LogP contribution in [0.15, 0.2) is 24.3 Å². The molecule has 0 aliphatic heterocycles. The van der Waals surface area contributed by atoms with Gasteiger partial charge in [0.25, 0.3) is 5.91 Å². The lowest BCUT2D eigenvalue weighted by atomic mass is 9.78. The normalized spacial score (nSPS) is 25.5. The summed E-state index contributed by atoms with van der Waals surface area (Å²) in [7, 11) is 0. The minimum atomic E-state index is -0.844. The van der Waals surface area contributed by atoms with Crippen LogP contribution in [0, 0.1) is 11.8 Å². The zero-order valence-electron chi connectivity index (χ0n) is 13.8. The highest BCUT2D eigenvalue weighted by Gasteiger charge is 2.30. The van der Waals surface area contributed by atoms with E-state index < -0.39 is 12.1 Å². The molecule has 0 spiro atoms. The number of hydrogen-bond acceptors (Lipinski definition) is 3. The first-order valence-corrected chi connectivity index (χ1v) is 8.53. The second-order valence-electron chi connectivity index (χ2n) is 6.41. The Hall–Kier alpha value is -1.55. The van der Waals surface area contributed by atoms with Crippen molar-refractivity contribution in [1.82, 2.24) is 5.32 Å². The molecule has 5 heteroatoms. The van der Waals surface area contributed by atoms with Crippen LogP contribution in [-0.4, -0.2) is 24.0 Å². The van der Waals surface area contributed by atoms with Crippen LogP contribution in [0.3, 0.4) is 0 Å². The monoisotopic (exact) mass is 337 g/mol. The predicted octanol–water partition coefficient (Wildman–Crippen LogP) is 3.83. The summed E-state index contributed by atoms with van der Waals surface area (Å²) in [5.74, 6) is 0.189. The second-order valence-corrected chi connectivity index (χ2v) is 6.82. The number of nitrogens with one attached hydrogen (secondary N) is 1. The van der Waals surface area contributed by atoms with E-state index in [4.69, 9.17) is 16.3 Å². The van der Waals surface area contributed by atoms with Crippen molar-refractivity contribution in [2.45, 2.75) is 52.2 Å². The summed E-state index contributed by atoms with van der Waals surface area (Å²) in [5.41, 5.74) is 0.272. The molecule has 126 valence electrons. The first-order valence-electron chi connectivity index (χ1n) is 8.16. The van der Waals surface area contributed by atoms with Gasteiger partial charge in [0, 0.05) is 6.04 Å². The number of halogens is 1. The molecule has 0 unspecified atom stereocenters. The highest BCUT2D eigenvalue weighted by molar-refractivity contribution is 6.33. The lowest BCUT2D eigenvalue weighted by molar-refractivity contribution is -0.130. The van der Waals surface area contributed by atoms with Crippen molar-refractivity contribution in [1.29, 1.82) is 0 Å². The SMILES string of the molecule is C[C@@H]1[C@H](C)CCC[C@H]1NC(=O)[C@@H](C)OC(=O)c1ccccc1Cl. The average Bonchev–Trinajstić information content (AvgIpc) is 2.52. The third kappa shape index (κ3) is 4.47. The Kier molecular flexibility index (Phi) is 6.05. The molecule has 4 atom stereocenters. The molecule has 2 rings (SSSR count). The van der Waals surface area contributed by atoms with Crippen molar-refractivity contribution in [3.05, 3.63) is 34.9 Å². The summed E-state index contributed by atoms with van der Waals surface area (Å²) in [6, 6.07) is 6.79. The maximum Gasteiger partial charge on any atom is 0.340 e. The molecule has 23 heavy (non-hydrogen) atoms. The van der Waals surface area contributed by atoms with Gasteiger partial charge >= 0.3 is 5.97 Å². The number of amides is 1. The topological polar surface area (TPSA) is 55.4 Å². The van der Waals surface area contributed by atoms with Crippen LogP contribution in [0.25, 0.3) is 0 Å². The lowest BCUT2D eigenvalue weighted by Gasteiger charge is -2.35. The second kappa shape index (κ2) is 7.82. The van der Waals surface area contributed by atoms with Gasteiger partial charge in [-0.15, -0.1) is 0 Å². The van der Waals surface area contributed by atoms with E-state index in [0.717, 1.165) is 12.8 Å². The molecule has 0 radical (unpaired) electrons. The highest BCUT2D eigenvalue weighted by atomic mass is 35.5. The number of ether oxygens (including phenoxy) is 1. The minimum absolute atomic E-state index is 0.146. The maximum atomic E-state index is 12.3. The van der Waals surface area contributed by atoms with Crippen LogP contribution in [0.5, 0.6) is 0 Å². The van der Waals surface area contributed by atoms with Crippen molar-refractivity contribution in [2.24, 2.45) is 11.8 Å². The summed E-state index contributed by atoms with van der Waals surface area (Å²) in [5, 5.41) is 3.34. The maximum absolute atomic E-state index is 12.3. The van der Waals surface area contributed by atoms with E-state index in [1.807, 2.05) is 0 Å². The van der Waals surface area contributed by atoms with Gasteiger partial charge in [0.2, 0.25) is 0 Å². The Morgan fingerprint density at radius 3 is 2.65 bits per heavy atom. The van der Waals surface area contributed by atoms with Crippen LogP contribution >= 0.6 is 11.6 Å². The number of benzene rings is 1. The van der Waals surface area contributed by atoms with Crippen molar-refractivity contribution in [3.8, 4) is 0 Å². The molecule has 1 fully saturated rings. The van der Waals surface area contributed by atoms with Crippen molar-refractivity contribution in [3.63, 3.8) is 0 Å². The van der Waals surface area contributed by atoms with Crippen LogP contribution in [0.2, 0.25) is 5.02 Å². The minimum Gasteiger partial charge on any atom is -0.449 e. The fourth-order valence-electron chi connectivity index (χ4n) is 2.99. The summed E-state index contributed by atoms with van der Waals surface area (Å²) < 4.78 is 5.25. The van der Waals surface area contributed by atoms with Crippen LogP contribution in [-0.2, 0) is 9.53 Å². The molecule has 0 aromatic heterocycles. The van der Waals surface area contributed by atoms with Gasteiger partial charge in [-0.05, 0) is 37.3 Å². The number of rotatable bonds is 4. The molecule has 1 saturated carbocycles. The van der Waals surface area contributed by atoms with Gasteiger partial charge in [-0.1, -0.05) is 50.4 Å². The predicted molar refractivity (Wildman–Crippen MR) is 90.4 cm³/mol. The summed E-state index contributed by atoms with van der Waals surface area (Å²) in [6.45, 7) is 5.96. The average molecular weight is 338 g/mol. The third-order valence-electron chi connectivity index (χ3n) is 4.78. The number of esters is 1. The molecule has 0 saturated heterocycles. The molecule has 0 heterocycles. The van der Waals surface area contributed by atoms with E-state index in [0.29, 0.717) is 16.9 Å². The molecular weight excluding hydrogens is 314 g/mol. The summed E-state index contributed by atoms with van der Waals surface area (Å²) in [6.07, 6.45) is 2.44. The van der Waals surface area contributed by atoms with Gasteiger partial charge in [-0.25, -0.2) is 4.79 Å². The first-order chi connectivity index (χ1) is 10.9. The molecule has 1 aromatic carbocycles. The van der Waals surface area contributed by atoms with E-state index in [-0.39, 0.29) is 17.5 Å². The molecule has 1 aliphatic rings. The van der Waals surface area contributed by atoms with Gasteiger partial charge in [0.1, 0.15) is 0 Å². The Morgan fingerprint density at radius 2 is 1.96 bits per heavy atom. The standard InChI is InChI=1S/C18H24ClNO3/c1-11-7-6-10-16(12(11)2)20-17(21)13(3)23-18(22)14-8-4-5-9-15(14)19/h4-5,8-9,11-13,16H,6-7,10H2,1-3H3,(H,20,21)/t11-,12-,13-,16-/m1/s1. The van der Waals surface area contributed by atoms with Crippen LogP contribution in [0.1, 0.15) is 50.4 Å². The quantitative estimate of drug-likeness (QED) is 0.849. The Bertz CT molecular complexity index is 575. The summed E-state index contributed by atoms with van der Waals surface area (Å²) in [4.78, 5) is 24.4. The van der Waals surface area contributed by atoms with Crippen molar-refractivity contribution < 1.29 is 14.3 Å². The molecule has 1 N–H and O–H groups in total. The van der Waals surface area contributed by atoms with Gasteiger partial charge in [0.15, 0.2) is 6.10 Å². The number of hydrogen-bond donors (Lipinski definition) is 1. The van der Waals surface area contributed by atoms with Crippen molar-refractivity contribution in [2.75, 3.05) is 0 Å². The molecule has 1 aliphatic carbocycles. The molecule has 1 amide bonds. The van der Waals surface area contributed by atoms with Crippen LogP contribution < -0.4 is 5.32 Å². The molecule has 4 nitrogen and oxygen atoms in total. The zero-order chi connectivity index (χ0) is 17.0. The Balaban J connectivity index is 1.92. The zero-order valence-corrected chi connectivity index (χ0v) is 14.6. The van der Waals surface area contributed by atoms with E-state index >= 15 is 0 Å².